The fourth-order valence-electron chi connectivity index (χ4n) is 3.93. The second kappa shape index (κ2) is 12.5. The number of benzene rings is 3. The molecular formula is C31H31N3O3S. The Morgan fingerprint density at radius 2 is 1.82 bits per heavy atom. The Labute approximate surface area is 228 Å². The summed E-state index contributed by atoms with van der Waals surface area (Å²) in [6.07, 6.45) is 2.69. The van der Waals surface area contributed by atoms with Gasteiger partial charge in [0.25, 0.3) is 5.91 Å². The first-order valence-corrected chi connectivity index (χ1v) is 13.5. The van der Waals surface area contributed by atoms with Crippen LogP contribution in [0.2, 0.25) is 0 Å². The lowest BCUT2D eigenvalue weighted by Gasteiger charge is -2.22. The van der Waals surface area contributed by atoms with Crippen molar-refractivity contribution in [3.8, 4) is 17.6 Å². The van der Waals surface area contributed by atoms with Gasteiger partial charge in [0.1, 0.15) is 6.61 Å². The molecule has 1 saturated heterocycles. The molecule has 38 heavy (non-hydrogen) atoms. The Morgan fingerprint density at radius 1 is 1.05 bits per heavy atom. The first-order valence-electron chi connectivity index (χ1n) is 12.7. The van der Waals surface area contributed by atoms with Crippen molar-refractivity contribution in [3.63, 3.8) is 0 Å². The van der Waals surface area contributed by atoms with Gasteiger partial charge in [0.15, 0.2) is 16.7 Å². The van der Waals surface area contributed by atoms with Crippen LogP contribution in [0.5, 0.6) is 11.5 Å². The van der Waals surface area contributed by atoms with Gasteiger partial charge in [-0.1, -0.05) is 48.9 Å². The molecule has 4 rings (SSSR count). The fraction of sp³-hybridized carbons (Fsp3) is 0.258. The number of amidine groups is 1. The van der Waals surface area contributed by atoms with Crippen LogP contribution in [0.25, 0.3) is 6.08 Å². The Morgan fingerprint density at radius 3 is 2.53 bits per heavy atom. The van der Waals surface area contributed by atoms with E-state index >= 15 is 0 Å². The third-order valence-corrected chi connectivity index (χ3v) is 7.20. The first-order chi connectivity index (χ1) is 18.4. The van der Waals surface area contributed by atoms with Crippen LogP contribution in [0.15, 0.2) is 76.6 Å². The highest BCUT2D eigenvalue weighted by Gasteiger charge is 2.36. The van der Waals surface area contributed by atoms with Crippen LogP contribution in [0.3, 0.4) is 0 Å². The minimum Gasteiger partial charge on any atom is -0.490 e. The van der Waals surface area contributed by atoms with Crippen LogP contribution in [0.1, 0.15) is 49.4 Å². The molecular weight excluding hydrogens is 494 g/mol. The maximum atomic E-state index is 13.4. The van der Waals surface area contributed by atoms with E-state index in [0.717, 1.165) is 28.8 Å². The van der Waals surface area contributed by atoms with Gasteiger partial charge in [-0.2, -0.15) is 5.26 Å². The van der Waals surface area contributed by atoms with Crippen molar-refractivity contribution < 1.29 is 14.3 Å². The lowest BCUT2D eigenvalue weighted by Crippen LogP contribution is -2.36. The van der Waals surface area contributed by atoms with Crippen molar-refractivity contribution in [2.45, 2.75) is 46.8 Å². The number of aryl methyl sites for hydroxylation is 1. The van der Waals surface area contributed by atoms with Gasteiger partial charge in [-0.25, -0.2) is 4.99 Å². The van der Waals surface area contributed by atoms with E-state index in [-0.39, 0.29) is 18.6 Å². The van der Waals surface area contributed by atoms with Crippen LogP contribution in [-0.2, 0) is 11.4 Å². The van der Waals surface area contributed by atoms with E-state index in [4.69, 9.17) is 14.5 Å². The smallest absolute Gasteiger partial charge is 0.266 e. The molecule has 0 unspecified atom stereocenters. The Bertz CT molecular complexity index is 1410. The van der Waals surface area contributed by atoms with E-state index in [1.54, 1.807) is 11.0 Å². The maximum absolute atomic E-state index is 13.4. The molecule has 0 radical (unpaired) electrons. The third kappa shape index (κ3) is 6.27. The highest BCUT2D eigenvalue weighted by atomic mass is 32.2. The lowest BCUT2D eigenvalue weighted by atomic mass is 10.1. The number of carbonyl (C=O) groups excluding carboxylic acids is 1. The molecule has 0 aliphatic carbocycles. The highest BCUT2D eigenvalue weighted by molar-refractivity contribution is 8.18. The Balaban J connectivity index is 1.61. The molecule has 0 N–H and O–H groups in total. The van der Waals surface area contributed by atoms with E-state index < -0.39 is 0 Å². The van der Waals surface area contributed by atoms with Gasteiger partial charge >= 0.3 is 0 Å². The molecule has 1 aliphatic heterocycles. The molecule has 7 heteroatoms. The fourth-order valence-corrected chi connectivity index (χ4v) is 5.02. The molecule has 3 aromatic carbocycles. The zero-order chi connectivity index (χ0) is 27.1. The number of nitrogens with zero attached hydrogens (tertiary/aromatic N) is 3. The van der Waals surface area contributed by atoms with Gasteiger partial charge in [-0.3, -0.25) is 9.69 Å². The van der Waals surface area contributed by atoms with Crippen LogP contribution in [0.4, 0.5) is 5.69 Å². The zero-order valence-electron chi connectivity index (χ0n) is 22.1. The average molecular weight is 526 g/mol. The molecule has 0 aromatic heterocycles. The molecule has 1 fully saturated rings. The predicted octanol–water partition coefficient (Wildman–Crippen LogP) is 7.25. The van der Waals surface area contributed by atoms with Crippen molar-refractivity contribution in [2.24, 2.45) is 4.99 Å². The van der Waals surface area contributed by atoms with Gasteiger partial charge in [0, 0.05) is 11.6 Å². The standard InChI is InChI=1S/C31H31N3O3S/c1-5-22(4)34-30(35)29(38-31(34)33-26-14-11-21(3)12-15-26)18-23-13-16-27(28(17-23)36-6-2)37-20-25-10-8-7-9-24(25)19-32/h7-18,22H,5-6,20H2,1-4H3/b29-18+,33-31?/t22-/m0/s1. The predicted molar refractivity (Wildman–Crippen MR) is 154 cm³/mol. The summed E-state index contributed by atoms with van der Waals surface area (Å²) in [6, 6.07) is 23.2. The topological polar surface area (TPSA) is 74.9 Å². The van der Waals surface area contributed by atoms with Crippen molar-refractivity contribution in [3.05, 3.63) is 93.9 Å². The minimum atomic E-state index is -0.0541. The van der Waals surface area contributed by atoms with Crippen molar-refractivity contribution >= 4 is 34.6 Å². The number of hydrogen-bond donors (Lipinski definition) is 0. The van der Waals surface area contributed by atoms with E-state index in [2.05, 4.69) is 13.0 Å². The molecule has 194 valence electrons. The van der Waals surface area contributed by atoms with Gasteiger partial charge in [0.2, 0.25) is 0 Å². The lowest BCUT2D eigenvalue weighted by molar-refractivity contribution is -0.123. The molecule has 1 heterocycles. The summed E-state index contributed by atoms with van der Waals surface area (Å²) in [7, 11) is 0. The third-order valence-electron chi connectivity index (χ3n) is 6.21. The van der Waals surface area contributed by atoms with Crippen LogP contribution >= 0.6 is 11.8 Å². The van der Waals surface area contributed by atoms with E-state index in [0.29, 0.717) is 33.7 Å². The van der Waals surface area contributed by atoms with Gasteiger partial charge in [0.05, 0.1) is 28.8 Å². The van der Waals surface area contributed by atoms with Gasteiger partial charge < -0.3 is 9.47 Å². The summed E-state index contributed by atoms with van der Waals surface area (Å²) in [5, 5.41) is 10.0. The highest BCUT2D eigenvalue weighted by Crippen LogP contribution is 2.37. The van der Waals surface area contributed by atoms with Crippen molar-refractivity contribution in [1.29, 1.82) is 5.26 Å². The van der Waals surface area contributed by atoms with Crippen LogP contribution in [-0.4, -0.2) is 28.6 Å². The number of rotatable bonds is 9. The Hall–Kier alpha value is -4.02. The summed E-state index contributed by atoms with van der Waals surface area (Å²) < 4.78 is 11.9. The summed E-state index contributed by atoms with van der Waals surface area (Å²) in [6.45, 7) is 8.77. The number of nitriles is 1. The molecule has 0 spiro atoms. The first kappa shape index (κ1) is 27.0. The molecule has 0 saturated carbocycles. The van der Waals surface area contributed by atoms with Gasteiger partial charge in [-0.05, 0) is 80.9 Å². The minimum absolute atomic E-state index is 0.0242. The average Bonchev–Trinajstić information content (AvgIpc) is 3.23. The number of ether oxygens (including phenoxy) is 2. The van der Waals surface area contributed by atoms with Crippen LogP contribution in [0, 0.1) is 18.3 Å². The maximum Gasteiger partial charge on any atom is 0.266 e. The largest absolute Gasteiger partial charge is 0.490 e. The molecule has 1 atom stereocenters. The summed E-state index contributed by atoms with van der Waals surface area (Å²) in [4.78, 5) is 20.6. The zero-order valence-corrected chi connectivity index (χ0v) is 22.9. The second-order valence-electron chi connectivity index (χ2n) is 8.97. The number of amides is 1. The summed E-state index contributed by atoms with van der Waals surface area (Å²) in [5.74, 6) is 1.11. The normalized spacial score (nSPS) is 16.1. The summed E-state index contributed by atoms with van der Waals surface area (Å²) in [5.41, 5.74) is 4.20. The molecule has 6 nitrogen and oxygen atoms in total. The number of hydrogen-bond acceptors (Lipinski definition) is 6. The number of carbonyl (C=O) groups is 1. The summed E-state index contributed by atoms with van der Waals surface area (Å²) >= 11 is 1.38. The van der Waals surface area contributed by atoms with Crippen molar-refractivity contribution in [2.75, 3.05) is 6.61 Å². The number of thioether (sulfide) groups is 1. The molecule has 1 aliphatic rings. The van der Waals surface area contributed by atoms with Crippen molar-refractivity contribution in [1.82, 2.24) is 4.90 Å². The second-order valence-corrected chi connectivity index (χ2v) is 9.98. The van der Waals surface area contributed by atoms with Gasteiger partial charge in [-0.15, -0.1) is 0 Å². The monoisotopic (exact) mass is 525 g/mol. The quantitative estimate of drug-likeness (QED) is 0.275. The van der Waals surface area contributed by atoms with E-state index in [1.807, 2.05) is 87.5 Å². The molecule has 1 amide bonds. The molecule has 0 bridgehead atoms. The molecule has 3 aromatic rings. The SMILES string of the molecule is CCOc1cc(/C=C2/SC(=Nc3ccc(C)cc3)N([C@@H](C)CC)C2=O)ccc1OCc1ccccc1C#N. The van der Waals surface area contributed by atoms with E-state index in [1.165, 1.54) is 11.8 Å². The van der Waals surface area contributed by atoms with E-state index in [9.17, 15) is 10.1 Å². The van der Waals surface area contributed by atoms with Crippen LogP contribution < -0.4 is 9.47 Å². The Kier molecular flexibility index (Phi) is 8.88. The number of aliphatic imine (C=N–C) groups is 1.